The largest absolute Gasteiger partial charge is 0.495 e. The van der Waals surface area contributed by atoms with Crippen LogP contribution in [0.5, 0.6) is 5.75 Å². The lowest BCUT2D eigenvalue weighted by Gasteiger charge is -2.21. The number of hydrogen-bond acceptors (Lipinski definition) is 6. The van der Waals surface area contributed by atoms with E-state index in [2.05, 4.69) is 9.82 Å². The van der Waals surface area contributed by atoms with Gasteiger partial charge in [-0.15, -0.1) is 0 Å². The van der Waals surface area contributed by atoms with Crippen molar-refractivity contribution in [2.75, 3.05) is 7.11 Å². The lowest BCUT2D eigenvalue weighted by atomic mass is 9.87. The first kappa shape index (κ1) is 23.3. The summed E-state index contributed by atoms with van der Waals surface area (Å²) in [4.78, 5) is 25.3. The number of aromatic nitrogens is 3. The third kappa shape index (κ3) is 4.75. The van der Waals surface area contributed by atoms with Gasteiger partial charge in [0.2, 0.25) is 0 Å². The maximum absolute atomic E-state index is 13.0. The molecule has 0 unspecified atom stereocenters. The average molecular weight is 459 g/mol. The van der Waals surface area contributed by atoms with Crippen LogP contribution in [0.1, 0.15) is 42.4 Å². The minimum Gasteiger partial charge on any atom is -0.495 e. The smallest absolute Gasteiger partial charge is 0.281 e. The summed E-state index contributed by atoms with van der Waals surface area (Å²) in [5, 5.41) is 4.06. The molecule has 3 rings (SSSR count). The van der Waals surface area contributed by atoms with Crippen LogP contribution in [0.2, 0.25) is 0 Å². The molecule has 9 nitrogen and oxygen atoms in total. The maximum Gasteiger partial charge on any atom is 0.281 e. The highest BCUT2D eigenvalue weighted by atomic mass is 32.2. The lowest BCUT2D eigenvalue weighted by molar-refractivity contribution is 0.0972. The minimum absolute atomic E-state index is 0.0891. The molecule has 32 heavy (non-hydrogen) atoms. The number of sulfonamides is 1. The van der Waals surface area contributed by atoms with E-state index in [0.717, 1.165) is 10.1 Å². The number of carbonyl (C=O) groups excluding carboxylic acids is 1. The molecule has 0 spiro atoms. The third-order valence-electron chi connectivity index (χ3n) is 5.05. The molecule has 10 heteroatoms. The summed E-state index contributed by atoms with van der Waals surface area (Å²) in [6.45, 7) is 6.08. The number of benzene rings is 1. The molecule has 0 fully saturated rings. The number of nitrogens with zero attached hydrogens (tertiary/aromatic N) is 3. The third-order valence-corrected chi connectivity index (χ3v) is 6.41. The predicted octanol–water partition coefficient (Wildman–Crippen LogP) is 2.05. The van der Waals surface area contributed by atoms with Crippen LogP contribution < -0.4 is 15.0 Å². The molecule has 0 atom stereocenters. The molecular weight excluding hydrogens is 432 g/mol. The Balaban J connectivity index is 1.93. The van der Waals surface area contributed by atoms with Crippen LogP contribution in [0.3, 0.4) is 0 Å². The van der Waals surface area contributed by atoms with Gasteiger partial charge >= 0.3 is 0 Å². The number of hydrogen-bond donors (Lipinski definition) is 1. The summed E-state index contributed by atoms with van der Waals surface area (Å²) in [6, 6.07) is 9.46. The van der Waals surface area contributed by atoms with Gasteiger partial charge in [-0.1, -0.05) is 26.8 Å². The topological polar surface area (TPSA) is 112 Å². The summed E-state index contributed by atoms with van der Waals surface area (Å²) in [5.41, 5.74) is 0.359. The normalized spacial score (nSPS) is 11.9. The molecule has 0 aliphatic carbocycles. The second-order valence-corrected chi connectivity index (χ2v) is 10.0. The van der Waals surface area contributed by atoms with E-state index in [-0.39, 0.29) is 28.3 Å². The van der Waals surface area contributed by atoms with E-state index in [1.54, 1.807) is 35.3 Å². The average Bonchev–Trinajstić information content (AvgIpc) is 3.23. The summed E-state index contributed by atoms with van der Waals surface area (Å²) in [5.74, 6) is -0.805. The van der Waals surface area contributed by atoms with E-state index in [9.17, 15) is 18.0 Å². The fraction of sp³-hybridized carbons (Fsp3) is 0.318. The Morgan fingerprint density at radius 2 is 1.91 bits per heavy atom. The van der Waals surface area contributed by atoms with Crippen LogP contribution in [0.4, 0.5) is 0 Å². The van der Waals surface area contributed by atoms with Crippen LogP contribution in [0.25, 0.3) is 0 Å². The highest BCUT2D eigenvalue weighted by Gasteiger charge is 2.26. The first-order valence-corrected chi connectivity index (χ1v) is 11.3. The second kappa shape index (κ2) is 8.62. The van der Waals surface area contributed by atoms with Crippen LogP contribution >= 0.6 is 0 Å². The van der Waals surface area contributed by atoms with Gasteiger partial charge in [0.15, 0.2) is 0 Å². The van der Waals surface area contributed by atoms with Crippen molar-refractivity contribution in [3.05, 3.63) is 76.0 Å². The molecule has 0 saturated carbocycles. The SMILES string of the molecule is COc1ccc(C(C)(C)C)cc1S(=O)(=O)NC(=O)c1ccc(Cn2cccn2)c(=O)n1C. The van der Waals surface area contributed by atoms with E-state index in [1.165, 1.54) is 32.4 Å². The standard InChI is InChI=1S/C22H26N4O5S/c1-22(2,3)16-8-10-18(31-5)19(13-16)32(29,30)24-20(27)17-9-7-15(21(28)25(17)4)14-26-12-6-11-23-26/h6-13H,14H2,1-5H3,(H,24,27). The van der Waals surface area contributed by atoms with E-state index >= 15 is 0 Å². The minimum atomic E-state index is -4.27. The van der Waals surface area contributed by atoms with Crippen molar-refractivity contribution >= 4 is 15.9 Å². The van der Waals surface area contributed by atoms with Gasteiger partial charge in [0.25, 0.3) is 21.5 Å². The Labute approximate surface area is 186 Å². The maximum atomic E-state index is 13.0. The number of carbonyl (C=O) groups is 1. The Morgan fingerprint density at radius 3 is 2.50 bits per heavy atom. The molecule has 0 radical (unpaired) electrons. The fourth-order valence-electron chi connectivity index (χ4n) is 3.19. The molecule has 0 aliphatic heterocycles. The highest BCUT2D eigenvalue weighted by Crippen LogP contribution is 2.30. The fourth-order valence-corrected chi connectivity index (χ4v) is 4.34. The van der Waals surface area contributed by atoms with Gasteiger partial charge in [0.05, 0.1) is 13.7 Å². The summed E-state index contributed by atoms with van der Waals surface area (Å²) in [7, 11) is -1.50. The summed E-state index contributed by atoms with van der Waals surface area (Å²) >= 11 is 0. The monoisotopic (exact) mass is 458 g/mol. The zero-order valence-electron chi connectivity index (χ0n) is 18.6. The van der Waals surface area contributed by atoms with Crippen molar-refractivity contribution in [2.45, 2.75) is 37.6 Å². The molecular formula is C22H26N4O5S. The lowest BCUT2D eigenvalue weighted by Crippen LogP contribution is -2.36. The van der Waals surface area contributed by atoms with E-state index in [4.69, 9.17) is 4.74 Å². The van der Waals surface area contributed by atoms with Crippen molar-refractivity contribution in [3.63, 3.8) is 0 Å². The van der Waals surface area contributed by atoms with Crippen LogP contribution in [0.15, 0.2) is 58.5 Å². The van der Waals surface area contributed by atoms with E-state index in [0.29, 0.717) is 5.56 Å². The molecule has 1 aromatic carbocycles. The molecule has 2 aromatic heterocycles. The highest BCUT2D eigenvalue weighted by molar-refractivity contribution is 7.90. The number of nitrogens with one attached hydrogen (secondary N) is 1. The van der Waals surface area contributed by atoms with Crippen LogP contribution in [-0.4, -0.2) is 35.8 Å². The summed E-state index contributed by atoms with van der Waals surface area (Å²) < 4.78 is 36.0. The van der Waals surface area contributed by atoms with Gasteiger partial charge in [-0.25, -0.2) is 13.1 Å². The molecule has 1 amide bonds. The molecule has 2 heterocycles. The van der Waals surface area contributed by atoms with Crippen molar-refractivity contribution < 1.29 is 17.9 Å². The number of pyridine rings is 1. The molecule has 0 bridgehead atoms. The molecule has 0 aliphatic rings. The summed E-state index contributed by atoms with van der Waals surface area (Å²) in [6.07, 6.45) is 3.31. The van der Waals surface area contributed by atoms with Crippen LogP contribution in [0, 0.1) is 0 Å². The van der Waals surface area contributed by atoms with Crippen molar-refractivity contribution in [2.24, 2.45) is 7.05 Å². The molecule has 0 saturated heterocycles. The Bertz CT molecular complexity index is 1300. The number of methoxy groups -OCH3 is 1. The van der Waals surface area contributed by atoms with Gasteiger partial charge in [0.1, 0.15) is 16.3 Å². The Morgan fingerprint density at radius 1 is 1.19 bits per heavy atom. The Kier molecular flexibility index (Phi) is 6.27. The van der Waals surface area contributed by atoms with Crippen molar-refractivity contribution in [1.82, 2.24) is 19.1 Å². The predicted molar refractivity (Wildman–Crippen MR) is 119 cm³/mol. The quantitative estimate of drug-likeness (QED) is 0.605. The van der Waals surface area contributed by atoms with Gasteiger partial charge < -0.3 is 9.30 Å². The zero-order chi connectivity index (χ0) is 23.7. The van der Waals surface area contributed by atoms with Gasteiger partial charge in [-0.05, 0) is 41.3 Å². The number of rotatable bonds is 6. The van der Waals surface area contributed by atoms with Crippen LogP contribution in [-0.2, 0) is 29.0 Å². The molecule has 170 valence electrons. The van der Waals surface area contributed by atoms with Gasteiger partial charge in [-0.2, -0.15) is 5.10 Å². The first-order chi connectivity index (χ1) is 14.9. The number of amides is 1. The van der Waals surface area contributed by atoms with Gasteiger partial charge in [0, 0.05) is 25.0 Å². The van der Waals surface area contributed by atoms with E-state index < -0.39 is 21.5 Å². The second-order valence-electron chi connectivity index (χ2n) is 8.36. The molecule has 1 N–H and O–H groups in total. The van der Waals surface area contributed by atoms with Gasteiger partial charge in [-0.3, -0.25) is 14.3 Å². The number of ether oxygens (including phenoxy) is 1. The zero-order valence-corrected chi connectivity index (χ0v) is 19.4. The first-order valence-electron chi connectivity index (χ1n) is 9.86. The van der Waals surface area contributed by atoms with Crippen molar-refractivity contribution in [1.29, 1.82) is 0 Å². The van der Waals surface area contributed by atoms with Crippen molar-refractivity contribution in [3.8, 4) is 5.75 Å². The molecule has 3 aromatic rings. The van der Waals surface area contributed by atoms with E-state index in [1.807, 2.05) is 20.8 Å². The Hall–Kier alpha value is -3.40.